The Morgan fingerprint density at radius 3 is 2.77 bits per heavy atom. The van der Waals surface area contributed by atoms with Crippen molar-refractivity contribution >= 4 is 11.6 Å². The summed E-state index contributed by atoms with van der Waals surface area (Å²) in [4.78, 5) is 0. The summed E-state index contributed by atoms with van der Waals surface area (Å²) in [6.07, 6.45) is 0.583. The van der Waals surface area contributed by atoms with Gasteiger partial charge in [0.15, 0.2) is 0 Å². The van der Waals surface area contributed by atoms with Crippen molar-refractivity contribution in [3.8, 4) is 0 Å². The Morgan fingerprint density at radius 1 is 1.54 bits per heavy atom. The van der Waals surface area contributed by atoms with E-state index in [-0.39, 0.29) is 5.82 Å². The summed E-state index contributed by atoms with van der Waals surface area (Å²) in [5.41, 5.74) is 0.491. The first-order valence-corrected chi connectivity index (χ1v) is 4.60. The Hall–Kier alpha value is -0.600. The summed E-state index contributed by atoms with van der Waals surface area (Å²) in [6, 6.07) is 4.61. The van der Waals surface area contributed by atoms with Gasteiger partial charge in [0.05, 0.1) is 6.10 Å². The van der Waals surface area contributed by atoms with Gasteiger partial charge in [-0.3, -0.25) is 0 Å². The van der Waals surface area contributed by atoms with E-state index in [1.54, 1.807) is 19.1 Å². The smallest absolute Gasteiger partial charge is 0.127 e. The molecule has 1 aromatic rings. The van der Waals surface area contributed by atoms with Gasteiger partial charge in [0.25, 0.3) is 0 Å². The van der Waals surface area contributed by atoms with E-state index in [4.69, 9.17) is 16.7 Å². The molecule has 1 unspecified atom stereocenters. The molecule has 0 spiro atoms. The zero-order valence-electron chi connectivity index (χ0n) is 7.43. The van der Waals surface area contributed by atoms with E-state index in [9.17, 15) is 4.39 Å². The Bertz CT molecular complexity index is 266. The average molecular weight is 203 g/mol. The molecule has 0 aliphatic carbocycles. The van der Waals surface area contributed by atoms with Gasteiger partial charge < -0.3 is 5.11 Å². The topological polar surface area (TPSA) is 20.2 Å². The van der Waals surface area contributed by atoms with Gasteiger partial charge in [-0.05, 0) is 31.9 Å². The zero-order chi connectivity index (χ0) is 9.84. The maximum atomic E-state index is 13.1. The lowest BCUT2D eigenvalue weighted by molar-refractivity contribution is 0.184. The molecule has 0 heterocycles. The summed E-state index contributed by atoms with van der Waals surface area (Å²) < 4.78 is 13.1. The Morgan fingerprint density at radius 2 is 2.23 bits per heavy atom. The monoisotopic (exact) mass is 202 g/mol. The second-order valence-electron chi connectivity index (χ2n) is 3.09. The highest BCUT2D eigenvalue weighted by molar-refractivity contribution is 6.31. The van der Waals surface area contributed by atoms with Gasteiger partial charge in [-0.1, -0.05) is 17.7 Å². The number of halogens is 2. The first-order chi connectivity index (χ1) is 6.11. The molecular formula is C10H12ClFO. The molecule has 1 rings (SSSR count). The molecular weight excluding hydrogens is 191 g/mol. The van der Waals surface area contributed by atoms with Crippen LogP contribution in [0.1, 0.15) is 18.9 Å². The third kappa shape index (κ3) is 2.98. The van der Waals surface area contributed by atoms with Crippen LogP contribution in [0, 0.1) is 5.82 Å². The molecule has 72 valence electrons. The first-order valence-electron chi connectivity index (χ1n) is 4.22. The van der Waals surface area contributed by atoms with Gasteiger partial charge in [-0.2, -0.15) is 0 Å². The van der Waals surface area contributed by atoms with Crippen LogP contribution in [-0.2, 0) is 6.42 Å². The predicted molar refractivity (Wildman–Crippen MR) is 51.4 cm³/mol. The van der Waals surface area contributed by atoms with Crippen LogP contribution in [0.4, 0.5) is 4.39 Å². The molecule has 3 heteroatoms. The lowest BCUT2D eigenvalue weighted by Gasteiger charge is -2.06. The third-order valence-corrected chi connectivity index (χ3v) is 2.23. The van der Waals surface area contributed by atoms with Crippen LogP contribution < -0.4 is 0 Å². The molecule has 0 bridgehead atoms. The average Bonchev–Trinajstić information content (AvgIpc) is 2.03. The largest absolute Gasteiger partial charge is 0.393 e. The van der Waals surface area contributed by atoms with Crippen molar-refractivity contribution in [2.75, 3.05) is 0 Å². The van der Waals surface area contributed by atoms with Crippen molar-refractivity contribution in [1.29, 1.82) is 0 Å². The summed E-state index contributed by atoms with van der Waals surface area (Å²) in [5, 5.41) is 9.46. The Balaban J connectivity index is 2.75. The van der Waals surface area contributed by atoms with Gasteiger partial charge in [-0.15, -0.1) is 0 Å². The molecule has 13 heavy (non-hydrogen) atoms. The van der Waals surface area contributed by atoms with Crippen molar-refractivity contribution in [1.82, 2.24) is 0 Å². The standard InChI is InChI=1S/C10H12ClFO/c1-7(13)5-6-8-9(11)3-2-4-10(8)12/h2-4,7,13H,5-6H2,1H3. The minimum absolute atomic E-state index is 0.298. The molecule has 0 aromatic heterocycles. The quantitative estimate of drug-likeness (QED) is 0.799. The highest BCUT2D eigenvalue weighted by Gasteiger charge is 2.07. The second-order valence-corrected chi connectivity index (χ2v) is 3.50. The summed E-state index contributed by atoms with van der Waals surface area (Å²) in [5.74, 6) is -0.298. The van der Waals surface area contributed by atoms with Crippen LogP contribution in [0.2, 0.25) is 5.02 Å². The van der Waals surface area contributed by atoms with Crippen molar-refractivity contribution in [3.63, 3.8) is 0 Å². The van der Waals surface area contributed by atoms with E-state index >= 15 is 0 Å². The van der Waals surface area contributed by atoms with Crippen molar-refractivity contribution in [2.45, 2.75) is 25.9 Å². The van der Waals surface area contributed by atoms with Crippen LogP contribution in [0.3, 0.4) is 0 Å². The highest BCUT2D eigenvalue weighted by atomic mass is 35.5. The SMILES string of the molecule is CC(O)CCc1c(F)cccc1Cl. The van der Waals surface area contributed by atoms with E-state index in [1.165, 1.54) is 6.07 Å². The van der Waals surface area contributed by atoms with Gasteiger partial charge >= 0.3 is 0 Å². The molecule has 1 nitrogen and oxygen atoms in total. The van der Waals surface area contributed by atoms with Crippen LogP contribution in [0.15, 0.2) is 18.2 Å². The summed E-state index contributed by atoms with van der Waals surface area (Å²) >= 11 is 5.79. The number of rotatable bonds is 3. The number of hydrogen-bond acceptors (Lipinski definition) is 1. The molecule has 1 N–H and O–H groups in total. The number of aliphatic hydroxyl groups excluding tert-OH is 1. The molecule has 0 radical (unpaired) electrons. The van der Waals surface area contributed by atoms with Crippen LogP contribution in [0.5, 0.6) is 0 Å². The van der Waals surface area contributed by atoms with Crippen molar-refractivity contribution in [2.24, 2.45) is 0 Å². The maximum absolute atomic E-state index is 13.1. The fraction of sp³-hybridized carbons (Fsp3) is 0.400. The molecule has 0 fully saturated rings. The third-order valence-electron chi connectivity index (χ3n) is 1.87. The van der Waals surface area contributed by atoms with Gasteiger partial charge in [0, 0.05) is 10.6 Å². The predicted octanol–water partition coefficient (Wildman–Crippen LogP) is 2.79. The van der Waals surface area contributed by atoms with Gasteiger partial charge in [0.1, 0.15) is 5.82 Å². The summed E-state index contributed by atoms with van der Waals surface area (Å²) in [7, 11) is 0. The first kappa shape index (κ1) is 10.5. The second kappa shape index (κ2) is 4.58. The van der Waals surface area contributed by atoms with E-state index in [1.807, 2.05) is 0 Å². The van der Waals surface area contributed by atoms with E-state index < -0.39 is 6.10 Å². The normalized spacial score (nSPS) is 12.9. The van der Waals surface area contributed by atoms with Crippen LogP contribution in [-0.4, -0.2) is 11.2 Å². The van der Waals surface area contributed by atoms with Crippen LogP contribution in [0.25, 0.3) is 0 Å². The molecule has 0 saturated heterocycles. The molecule has 0 aliphatic heterocycles. The molecule has 0 amide bonds. The van der Waals surface area contributed by atoms with Gasteiger partial charge in [0.2, 0.25) is 0 Å². The number of hydrogen-bond donors (Lipinski definition) is 1. The number of aliphatic hydroxyl groups is 1. The molecule has 1 atom stereocenters. The Kier molecular flexibility index (Phi) is 3.70. The van der Waals surface area contributed by atoms with Crippen LogP contribution >= 0.6 is 11.6 Å². The van der Waals surface area contributed by atoms with Gasteiger partial charge in [-0.25, -0.2) is 4.39 Å². The van der Waals surface area contributed by atoms with E-state index in [0.717, 1.165) is 0 Å². The van der Waals surface area contributed by atoms with E-state index in [0.29, 0.717) is 23.4 Å². The number of benzene rings is 1. The minimum atomic E-state index is -0.421. The minimum Gasteiger partial charge on any atom is -0.393 e. The fourth-order valence-corrected chi connectivity index (χ4v) is 1.38. The summed E-state index contributed by atoms with van der Waals surface area (Å²) in [6.45, 7) is 1.68. The molecule has 1 aromatic carbocycles. The van der Waals surface area contributed by atoms with Crippen molar-refractivity contribution in [3.05, 3.63) is 34.6 Å². The molecule has 0 aliphatic rings. The van der Waals surface area contributed by atoms with Crippen molar-refractivity contribution < 1.29 is 9.50 Å². The fourth-order valence-electron chi connectivity index (χ4n) is 1.12. The molecule has 0 saturated carbocycles. The lowest BCUT2D eigenvalue weighted by Crippen LogP contribution is -2.03. The zero-order valence-corrected chi connectivity index (χ0v) is 8.18. The van der Waals surface area contributed by atoms with E-state index in [2.05, 4.69) is 0 Å². The highest BCUT2D eigenvalue weighted by Crippen LogP contribution is 2.20. The lowest BCUT2D eigenvalue weighted by atomic mass is 10.1. The maximum Gasteiger partial charge on any atom is 0.127 e. The Labute approximate surface area is 82.2 Å².